The molecule has 7 nitrogen and oxygen atoms in total. The van der Waals surface area contributed by atoms with Crippen molar-refractivity contribution in [2.24, 2.45) is 0 Å². The molecular formula is C41H26N6OPt. The fourth-order valence-electron chi connectivity index (χ4n) is 6.83. The molecule has 4 aromatic heterocycles. The minimum absolute atomic E-state index is 0. The second-order valence-corrected chi connectivity index (χ2v) is 12.1. The van der Waals surface area contributed by atoms with E-state index in [9.17, 15) is 0 Å². The zero-order valence-corrected chi connectivity index (χ0v) is 29.0. The molecule has 0 atom stereocenters. The Morgan fingerprint density at radius 1 is 0.714 bits per heavy atom. The Morgan fingerprint density at radius 2 is 1.49 bits per heavy atom. The largest absolute Gasteiger partial charge is 2.00 e. The van der Waals surface area contributed by atoms with Crippen molar-refractivity contribution in [2.45, 2.75) is 20.8 Å². The smallest absolute Gasteiger partial charge is 0.503 e. The summed E-state index contributed by atoms with van der Waals surface area (Å²) in [6, 6.07) is 39.3. The Bertz CT molecular complexity index is 2790. The first kappa shape index (κ1) is 30.5. The summed E-state index contributed by atoms with van der Waals surface area (Å²) in [5, 5.41) is 14.2. The molecule has 4 heterocycles. The van der Waals surface area contributed by atoms with Crippen molar-refractivity contribution in [3.63, 3.8) is 0 Å². The van der Waals surface area contributed by atoms with E-state index in [4.69, 9.17) is 26.5 Å². The van der Waals surface area contributed by atoms with Crippen molar-refractivity contribution >= 4 is 54.8 Å². The molecule has 9 aromatic rings. The average molecular weight is 814 g/mol. The number of hydrogen-bond donors (Lipinski definition) is 0. The Kier molecular flexibility index (Phi) is 7.28. The van der Waals surface area contributed by atoms with E-state index in [-0.39, 0.29) is 21.1 Å². The summed E-state index contributed by atoms with van der Waals surface area (Å²) in [6.45, 7) is 13.9. The number of ether oxygens (including phenoxy) is 1. The van der Waals surface area contributed by atoms with Gasteiger partial charge in [-0.2, -0.15) is 11.2 Å². The van der Waals surface area contributed by atoms with Gasteiger partial charge in [0.1, 0.15) is 5.82 Å². The van der Waals surface area contributed by atoms with Gasteiger partial charge in [0.05, 0.1) is 12.2 Å². The van der Waals surface area contributed by atoms with E-state index in [0.29, 0.717) is 22.8 Å². The number of para-hydroxylation sites is 1. The van der Waals surface area contributed by atoms with Crippen LogP contribution < -0.4 is 4.74 Å². The van der Waals surface area contributed by atoms with Crippen LogP contribution in [0.15, 0.2) is 103 Å². The summed E-state index contributed by atoms with van der Waals surface area (Å²) >= 11 is 0. The maximum Gasteiger partial charge on any atom is 2.00 e. The maximum absolute atomic E-state index is 7.68. The standard InChI is InChI=1S/C41H26N6O.Pt/c1-24-12-19-38(43-23-24)46-35-11-6-5-10-31(35)32-17-15-29(22-37(32)46)48-28-14-16-30-33-20-27(42-4)13-18-36(33)47-40(34(30)21-28)44-45-41(47)39-25(2)8-7-9-26(39)3;/h5-20,23H,1-3H3;/q-2;+2. The predicted molar refractivity (Wildman–Crippen MR) is 190 cm³/mol. The van der Waals surface area contributed by atoms with Crippen molar-refractivity contribution in [1.29, 1.82) is 0 Å². The van der Waals surface area contributed by atoms with Gasteiger partial charge in [0.25, 0.3) is 0 Å². The van der Waals surface area contributed by atoms with Gasteiger partial charge in [-0.3, -0.25) is 0 Å². The van der Waals surface area contributed by atoms with Gasteiger partial charge in [-0.25, -0.2) is 9.83 Å². The second-order valence-electron chi connectivity index (χ2n) is 12.1. The first-order valence-electron chi connectivity index (χ1n) is 15.7. The molecule has 236 valence electrons. The van der Waals surface area contributed by atoms with Gasteiger partial charge in [0, 0.05) is 34.3 Å². The average Bonchev–Trinajstić information content (AvgIpc) is 3.68. The molecule has 8 heteroatoms. The van der Waals surface area contributed by atoms with E-state index in [2.05, 4.69) is 82.3 Å². The summed E-state index contributed by atoms with van der Waals surface area (Å²) in [5.74, 6) is 2.64. The summed E-state index contributed by atoms with van der Waals surface area (Å²) in [4.78, 5) is 8.45. The number of pyridine rings is 2. The molecule has 9 rings (SSSR count). The first-order chi connectivity index (χ1) is 23.5. The van der Waals surface area contributed by atoms with Gasteiger partial charge in [-0.15, -0.1) is 34.8 Å². The Labute approximate surface area is 296 Å². The second kappa shape index (κ2) is 11.7. The van der Waals surface area contributed by atoms with Crippen LogP contribution in [0.3, 0.4) is 0 Å². The minimum atomic E-state index is 0. The van der Waals surface area contributed by atoms with Gasteiger partial charge in [0.15, 0.2) is 11.5 Å². The van der Waals surface area contributed by atoms with Gasteiger partial charge < -0.3 is 13.7 Å². The van der Waals surface area contributed by atoms with Crippen LogP contribution in [0.5, 0.6) is 11.5 Å². The van der Waals surface area contributed by atoms with Crippen molar-refractivity contribution in [1.82, 2.24) is 24.1 Å². The zero-order chi connectivity index (χ0) is 32.5. The predicted octanol–water partition coefficient (Wildman–Crippen LogP) is 10.1. The molecule has 0 aliphatic heterocycles. The van der Waals surface area contributed by atoms with E-state index in [1.807, 2.05) is 67.7 Å². The van der Waals surface area contributed by atoms with E-state index >= 15 is 0 Å². The summed E-state index contributed by atoms with van der Waals surface area (Å²) in [5.41, 5.74) is 8.43. The number of rotatable bonds is 4. The number of nitrogens with zero attached hydrogens (tertiary/aromatic N) is 6. The quantitative estimate of drug-likeness (QED) is 0.131. The first-order valence-corrected chi connectivity index (χ1v) is 15.7. The molecule has 0 N–H and O–H groups in total. The van der Waals surface area contributed by atoms with Gasteiger partial charge >= 0.3 is 21.1 Å². The van der Waals surface area contributed by atoms with Gasteiger partial charge in [-0.05, 0) is 66.4 Å². The van der Waals surface area contributed by atoms with Crippen LogP contribution in [-0.4, -0.2) is 24.1 Å². The fourth-order valence-corrected chi connectivity index (χ4v) is 6.83. The molecule has 0 aliphatic rings. The monoisotopic (exact) mass is 813 g/mol. The molecule has 0 saturated carbocycles. The fraction of sp³-hybridized carbons (Fsp3) is 0.0732. The molecule has 0 unspecified atom stereocenters. The molecule has 0 bridgehead atoms. The van der Waals surface area contributed by atoms with Crippen LogP contribution in [-0.2, 0) is 21.1 Å². The molecule has 0 saturated heterocycles. The summed E-state index contributed by atoms with van der Waals surface area (Å²) < 4.78 is 10.7. The molecule has 5 aromatic carbocycles. The molecule has 0 aliphatic carbocycles. The normalized spacial score (nSPS) is 11.4. The van der Waals surface area contributed by atoms with Crippen LogP contribution >= 0.6 is 0 Å². The van der Waals surface area contributed by atoms with Crippen LogP contribution in [0.1, 0.15) is 16.7 Å². The molecule has 49 heavy (non-hydrogen) atoms. The SMILES string of the molecule is [C-]#[N+]c1ccc2c(c1)c1ccc(Oc3[c-]c4c(cc3)c3ccccc3n4-c3ccc(C)cn3)[c-]c1c1nnc(-c3c(C)cccc3C)n21.[Pt+2]. The minimum Gasteiger partial charge on any atom is -0.503 e. The summed E-state index contributed by atoms with van der Waals surface area (Å²) in [7, 11) is 0. The van der Waals surface area contributed by atoms with Crippen LogP contribution in [0.2, 0.25) is 0 Å². The number of aryl methyl sites for hydroxylation is 3. The van der Waals surface area contributed by atoms with Crippen molar-refractivity contribution in [3.8, 4) is 28.7 Å². The third kappa shape index (κ3) is 4.79. The number of aromatic nitrogens is 5. The molecular weight excluding hydrogens is 788 g/mol. The van der Waals surface area contributed by atoms with Gasteiger partial charge in [0.2, 0.25) is 0 Å². The summed E-state index contributed by atoms with van der Waals surface area (Å²) in [6.07, 6.45) is 1.88. The Balaban J connectivity index is 0.00000348. The molecule has 0 amide bonds. The van der Waals surface area contributed by atoms with Crippen LogP contribution in [0.4, 0.5) is 5.69 Å². The number of fused-ring (bicyclic) bond motifs is 9. The molecule has 0 radical (unpaired) electrons. The Morgan fingerprint density at radius 3 is 2.27 bits per heavy atom. The zero-order valence-electron chi connectivity index (χ0n) is 26.7. The third-order valence-electron chi connectivity index (χ3n) is 9.05. The van der Waals surface area contributed by atoms with Crippen LogP contribution in [0.25, 0.3) is 71.2 Å². The van der Waals surface area contributed by atoms with E-state index < -0.39 is 0 Å². The Hall–Kier alpha value is -5.83. The van der Waals surface area contributed by atoms with Crippen molar-refractivity contribution in [3.05, 3.63) is 143 Å². The van der Waals surface area contributed by atoms with E-state index in [1.165, 1.54) is 0 Å². The topological polar surface area (TPSA) is 61.6 Å². The van der Waals surface area contributed by atoms with Crippen LogP contribution in [0, 0.1) is 39.5 Å². The van der Waals surface area contributed by atoms with Gasteiger partial charge in [-0.1, -0.05) is 77.0 Å². The number of hydrogen-bond acceptors (Lipinski definition) is 4. The number of benzene rings is 5. The van der Waals surface area contributed by atoms with E-state index in [0.717, 1.165) is 77.4 Å². The third-order valence-corrected chi connectivity index (χ3v) is 9.05. The van der Waals surface area contributed by atoms with E-state index in [1.54, 1.807) is 0 Å². The van der Waals surface area contributed by atoms with Crippen molar-refractivity contribution in [2.75, 3.05) is 0 Å². The molecule has 0 fully saturated rings. The van der Waals surface area contributed by atoms with Crippen molar-refractivity contribution < 1.29 is 25.8 Å². The maximum atomic E-state index is 7.68. The molecule has 0 spiro atoms.